The Morgan fingerprint density at radius 2 is 1.64 bits per heavy atom. The molecule has 0 heteroatoms. The SMILES string of the molecule is CCCC(C=C(C)C)CCC=C(C)C. The fourth-order valence-corrected chi connectivity index (χ4v) is 1.74. The summed E-state index contributed by atoms with van der Waals surface area (Å²) in [6.07, 6.45) is 9.95. The minimum absolute atomic E-state index is 0.792. The topological polar surface area (TPSA) is 0 Å². The molecule has 0 aliphatic carbocycles. The van der Waals surface area contributed by atoms with Crippen molar-refractivity contribution >= 4 is 0 Å². The van der Waals surface area contributed by atoms with Crippen LogP contribution in [0.15, 0.2) is 23.3 Å². The van der Waals surface area contributed by atoms with E-state index in [0.29, 0.717) is 0 Å². The monoisotopic (exact) mass is 194 g/mol. The largest absolute Gasteiger partial charge is 0.0859 e. The molecule has 0 bridgehead atoms. The fourth-order valence-electron chi connectivity index (χ4n) is 1.74. The van der Waals surface area contributed by atoms with Gasteiger partial charge in [-0.2, -0.15) is 0 Å². The molecule has 0 spiro atoms. The molecular weight excluding hydrogens is 168 g/mol. The molecular formula is C14H26. The molecule has 0 heterocycles. The van der Waals surface area contributed by atoms with Crippen LogP contribution in [0.3, 0.4) is 0 Å². The molecule has 0 nitrogen and oxygen atoms in total. The number of rotatable bonds is 6. The molecule has 1 unspecified atom stereocenters. The van der Waals surface area contributed by atoms with Crippen molar-refractivity contribution in [1.29, 1.82) is 0 Å². The maximum Gasteiger partial charge on any atom is -0.0228 e. The summed E-state index contributed by atoms with van der Waals surface area (Å²) >= 11 is 0. The Hall–Kier alpha value is -0.520. The normalized spacial score (nSPS) is 12.1. The average molecular weight is 194 g/mol. The van der Waals surface area contributed by atoms with Crippen LogP contribution in [0.4, 0.5) is 0 Å². The fraction of sp³-hybridized carbons (Fsp3) is 0.714. The minimum atomic E-state index is 0.792. The van der Waals surface area contributed by atoms with Crippen LogP contribution >= 0.6 is 0 Å². The van der Waals surface area contributed by atoms with Gasteiger partial charge in [0.05, 0.1) is 0 Å². The van der Waals surface area contributed by atoms with Crippen molar-refractivity contribution in [2.75, 3.05) is 0 Å². The maximum atomic E-state index is 2.43. The molecule has 14 heavy (non-hydrogen) atoms. The standard InChI is InChI=1S/C14H26/c1-6-8-14(11-13(4)5)10-7-9-12(2)3/h9,11,14H,6-8,10H2,1-5H3. The van der Waals surface area contributed by atoms with Gasteiger partial charge in [0, 0.05) is 0 Å². The molecule has 0 aromatic carbocycles. The van der Waals surface area contributed by atoms with Crippen LogP contribution in [-0.4, -0.2) is 0 Å². The Bertz CT molecular complexity index is 188. The van der Waals surface area contributed by atoms with Gasteiger partial charge in [-0.25, -0.2) is 0 Å². The second-order valence-electron chi connectivity index (χ2n) is 4.65. The van der Waals surface area contributed by atoms with Crippen molar-refractivity contribution in [1.82, 2.24) is 0 Å². The third kappa shape index (κ3) is 8.10. The van der Waals surface area contributed by atoms with E-state index in [-0.39, 0.29) is 0 Å². The van der Waals surface area contributed by atoms with Crippen molar-refractivity contribution in [3.63, 3.8) is 0 Å². The first-order chi connectivity index (χ1) is 6.56. The van der Waals surface area contributed by atoms with E-state index in [1.165, 1.54) is 36.8 Å². The highest BCUT2D eigenvalue weighted by Gasteiger charge is 2.02. The number of hydrogen-bond acceptors (Lipinski definition) is 0. The smallest absolute Gasteiger partial charge is 0.0228 e. The van der Waals surface area contributed by atoms with Gasteiger partial charge in [-0.1, -0.05) is 36.6 Å². The van der Waals surface area contributed by atoms with E-state index in [1.54, 1.807) is 0 Å². The highest BCUT2D eigenvalue weighted by molar-refractivity contribution is 4.99. The summed E-state index contributed by atoms with van der Waals surface area (Å²) in [6.45, 7) is 11.0. The first kappa shape index (κ1) is 13.5. The summed E-state index contributed by atoms with van der Waals surface area (Å²) in [7, 11) is 0. The Labute approximate surface area is 90.1 Å². The first-order valence-corrected chi connectivity index (χ1v) is 5.84. The van der Waals surface area contributed by atoms with Gasteiger partial charge >= 0.3 is 0 Å². The third-order valence-corrected chi connectivity index (χ3v) is 2.32. The van der Waals surface area contributed by atoms with E-state index < -0.39 is 0 Å². The predicted molar refractivity (Wildman–Crippen MR) is 66.5 cm³/mol. The molecule has 0 aliphatic heterocycles. The van der Waals surface area contributed by atoms with Gasteiger partial charge in [0.1, 0.15) is 0 Å². The number of hydrogen-bond donors (Lipinski definition) is 0. The molecule has 0 saturated heterocycles. The Balaban J connectivity index is 3.97. The second kappa shape index (κ2) is 7.84. The highest BCUT2D eigenvalue weighted by atomic mass is 14.1. The molecule has 82 valence electrons. The average Bonchev–Trinajstić information content (AvgIpc) is 2.02. The van der Waals surface area contributed by atoms with Crippen molar-refractivity contribution < 1.29 is 0 Å². The lowest BCUT2D eigenvalue weighted by molar-refractivity contribution is 0.538. The zero-order valence-electron chi connectivity index (χ0n) is 10.6. The van der Waals surface area contributed by atoms with Crippen LogP contribution in [0.2, 0.25) is 0 Å². The lowest BCUT2D eigenvalue weighted by Crippen LogP contribution is -1.96. The van der Waals surface area contributed by atoms with Gasteiger partial charge < -0.3 is 0 Å². The van der Waals surface area contributed by atoms with Crippen molar-refractivity contribution in [2.24, 2.45) is 5.92 Å². The molecule has 0 rings (SSSR count). The lowest BCUT2D eigenvalue weighted by atomic mass is 9.95. The zero-order valence-corrected chi connectivity index (χ0v) is 10.6. The molecule has 0 amide bonds. The summed E-state index contributed by atoms with van der Waals surface area (Å²) in [5.74, 6) is 0.792. The molecule has 0 N–H and O–H groups in total. The molecule has 0 fully saturated rings. The molecule has 0 aromatic rings. The van der Waals surface area contributed by atoms with Gasteiger partial charge in [-0.3, -0.25) is 0 Å². The summed E-state index contributed by atoms with van der Waals surface area (Å²) < 4.78 is 0. The molecule has 0 saturated carbocycles. The van der Waals surface area contributed by atoms with Crippen molar-refractivity contribution in [3.05, 3.63) is 23.3 Å². The Morgan fingerprint density at radius 1 is 1.00 bits per heavy atom. The van der Waals surface area contributed by atoms with E-state index in [2.05, 4.69) is 46.8 Å². The summed E-state index contributed by atoms with van der Waals surface area (Å²) in [6, 6.07) is 0. The van der Waals surface area contributed by atoms with Gasteiger partial charge in [-0.05, 0) is 52.9 Å². The third-order valence-electron chi connectivity index (χ3n) is 2.32. The van der Waals surface area contributed by atoms with Gasteiger partial charge in [0.15, 0.2) is 0 Å². The second-order valence-corrected chi connectivity index (χ2v) is 4.65. The van der Waals surface area contributed by atoms with E-state index in [4.69, 9.17) is 0 Å². The van der Waals surface area contributed by atoms with Gasteiger partial charge in [-0.15, -0.1) is 0 Å². The molecule has 0 radical (unpaired) electrons. The Kier molecular flexibility index (Phi) is 7.55. The summed E-state index contributed by atoms with van der Waals surface area (Å²) in [5, 5.41) is 0. The molecule has 0 aromatic heterocycles. The molecule has 0 aliphatic rings. The molecule has 1 atom stereocenters. The van der Waals surface area contributed by atoms with Crippen molar-refractivity contribution in [2.45, 2.75) is 60.3 Å². The van der Waals surface area contributed by atoms with Crippen molar-refractivity contribution in [3.8, 4) is 0 Å². The van der Waals surface area contributed by atoms with E-state index >= 15 is 0 Å². The Morgan fingerprint density at radius 3 is 2.07 bits per heavy atom. The van der Waals surface area contributed by atoms with Crippen LogP contribution in [-0.2, 0) is 0 Å². The van der Waals surface area contributed by atoms with Crippen LogP contribution in [0.5, 0.6) is 0 Å². The van der Waals surface area contributed by atoms with E-state index in [0.717, 1.165) is 5.92 Å². The number of allylic oxidation sites excluding steroid dienone is 4. The van der Waals surface area contributed by atoms with Crippen LogP contribution in [0.1, 0.15) is 60.3 Å². The zero-order chi connectivity index (χ0) is 11.0. The van der Waals surface area contributed by atoms with Crippen LogP contribution in [0.25, 0.3) is 0 Å². The highest BCUT2D eigenvalue weighted by Crippen LogP contribution is 2.17. The van der Waals surface area contributed by atoms with Gasteiger partial charge in [0.2, 0.25) is 0 Å². The van der Waals surface area contributed by atoms with E-state index in [1.807, 2.05) is 0 Å². The predicted octanol–water partition coefficient (Wildman–Crippen LogP) is 5.12. The minimum Gasteiger partial charge on any atom is -0.0859 e. The first-order valence-electron chi connectivity index (χ1n) is 5.84. The van der Waals surface area contributed by atoms with Crippen LogP contribution < -0.4 is 0 Å². The lowest BCUT2D eigenvalue weighted by Gasteiger charge is -2.11. The van der Waals surface area contributed by atoms with Gasteiger partial charge in [0.25, 0.3) is 0 Å². The van der Waals surface area contributed by atoms with E-state index in [9.17, 15) is 0 Å². The van der Waals surface area contributed by atoms with Crippen LogP contribution in [0, 0.1) is 5.92 Å². The quantitative estimate of drug-likeness (QED) is 0.515. The maximum absolute atomic E-state index is 2.43. The summed E-state index contributed by atoms with van der Waals surface area (Å²) in [5.41, 5.74) is 2.90. The summed E-state index contributed by atoms with van der Waals surface area (Å²) in [4.78, 5) is 0.